The molecule has 0 amide bonds. The van der Waals surface area contributed by atoms with Crippen molar-refractivity contribution in [2.45, 2.75) is 44.4 Å². The van der Waals surface area contributed by atoms with E-state index in [1.54, 1.807) is 12.3 Å². The highest BCUT2D eigenvalue weighted by atomic mass is 32.2. The first-order valence-electron chi connectivity index (χ1n) is 9.01. The monoisotopic (exact) mass is 366 g/mol. The van der Waals surface area contributed by atoms with Crippen molar-refractivity contribution in [2.24, 2.45) is 0 Å². The molecule has 4 nitrogen and oxygen atoms in total. The Bertz CT molecular complexity index is 1120. The topological polar surface area (TPSA) is 59.1 Å². The second-order valence-electron chi connectivity index (χ2n) is 6.89. The van der Waals surface area contributed by atoms with Gasteiger partial charge in [-0.25, -0.2) is 8.42 Å². The average molecular weight is 366 g/mol. The normalized spacial score (nSPS) is 14.8. The molecule has 1 N–H and O–H groups in total. The zero-order chi connectivity index (χ0) is 18.5. The molecule has 0 radical (unpaired) electrons. The first-order valence-corrected chi connectivity index (χ1v) is 10.5. The Labute approximate surface area is 154 Å². The summed E-state index contributed by atoms with van der Waals surface area (Å²) >= 11 is 0. The summed E-state index contributed by atoms with van der Waals surface area (Å²) in [6.45, 7) is 6.38. The van der Waals surface area contributed by atoms with Gasteiger partial charge in [-0.2, -0.15) is 0 Å². The predicted molar refractivity (Wildman–Crippen MR) is 106 cm³/mol. The Morgan fingerprint density at radius 1 is 1.08 bits per heavy atom. The molecular weight excluding hydrogens is 344 g/mol. The molecule has 0 saturated carbocycles. The lowest BCUT2D eigenvalue weighted by Crippen LogP contribution is -2.20. The summed E-state index contributed by atoms with van der Waals surface area (Å²) < 4.78 is 28.4. The van der Waals surface area contributed by atoms with Crippen molar-refractivity contribution in [3.63, 3.8) is 0 Å². The van der Waals surface area contributed by atoms with E-state index >= 15 is 0 Å². The van der Waals surface area contributed by atoms with Crippen molar-refractivity contribution in [3.8, 4) is 11.1 Å². The average Bonchev–Trinajstić information content (AvgIpc) is 2.64. The van der Waals surface area contributed by atoms with E-state index in [1.165, 1.54) is 5.56 Å². The molecule has 2 aromatic carbocycles. The number of sulfonamides is 1. The minimum absolute atomic E-state index is 0.342. The van der Waals surface area contributed by atoms with Crippen LogP contribution >= 0.6 is 0 Å². The van der Waals surface area contributed by atoms with Crippen LogP contribution in [0, 0.1) is 6.92 Å². The first kappa shape index (κ1) is 17.0. The van der Waals surface area contributed by atoms with Crippen LogP contribution in [-0.4, -0.2) is 13.4 Å². The summed E-state index contributed by atoms with van der Waals surface area (Å²) in [5, 5.41) is 0.966. The first-order chi connectivity index (χ1) is 12.5. The van der Waals surface area contributed by atoms with E-state index in [1.807, 2.05) is 25.1 Å². The van der Waals surface area contributed by atoms with Gasteiger partial charge >= 0.3 is 0 Å². The maximum atomic E-state index is 12.8. The number of hydrogen-bond acceptors (Lipinski definition) is 3. The molecule has 1 aliphatic heterocycles. The highest BCUT2D eigenvalue weighted by Crippen LogP contribution is 2.44. The fraction of sp³-hybridized carbons (Fsp3) is 0.286. The molecule has 0 unspecified atom stereocenters. The van der Waals surface area contributed by atoms with E-state index in [0.29, 0.717) is 22.0 Å². The van der Waals surface area contributed by atoms with Crippen molar-refractivity contribution in [1.82, 2.24) is 4.98 Å². The molecule has 26 heavy (non-hydrogen) atoms. The molecule has 0 atom stereocenters. The smallest absolute Gasteiger partial charge is 0.262 e. The number of nitrogens with one attached hydrogen (secondary N) is 1. The van der Waals surface area contributed by atoms with Gasteiger partial charge in [0.2, 0.25) is 0 Å². The molecule has 1 aromatic heterocycles. The van der Waals surface area contributed by atoms with Crippen LogP contribution in [0.3, 0.4) is 0 Å². The van der Waals surface area contributed by atoms with Crippen molar-refractivity contribution in [3.05, 3.63) is 53.7 Å². The zero-order valence-electron chi connectivity index (χ0n) is 15.2. The third-order valence-electron chi connectivity index (χ3n) is 5.38. The Hall–Kier alpha value is -2.40. The molecule has 0 spiro atoms. The van der Waals surface area contributed by atoms with Crippen LogP contribution in [0.15, 0.2) is 47.5 Å². The third kappa shape index (κ3) is 2.50. The second kappa shape index (κ2) is 6.09. The van der Waals surface area contributed by atoms with Gasteiger partial charge in [-0.1, -0.05) is 26.0 Å². The predicted octanol–water partition coefficient (Wildman–Crippen LogP) is 5.23. The maximum Gasteiger partial charge on any atom is 0.262 e. The summed E-state index contributed by atoms with van der Waals surface area (Å²) in [7, 11) is -3.61. The minimum atomic E-state index is -3.61. The Morgan fingerprint density at radius 3 is 2.58 bits per heavy atom. The molecular formula is C21H22N2O2S. The maximum absolute atomic E-state index is 12.8. The number of fused-ring (bicyclic) bond motifs is 5. The van der Waals surface area contributed by atoms with Gasteiger partial charge in [-0.05, 0) is 61.1 Å². The van der Waals surface area contributed by atoms with E-state index < -0.39 is 10.0 Å². The minimum Gasteiger partial charge on any atom is -0.277 e. The Balaban J connectivity index is 2.06. The van der Waals surface area contributed by atoms with E-state index in [0.717, 1.165) is 34.9 Å². The lowest BCUT2D eigenvalue weighted by Gasteiger charge is -2.25. The summed E-state index contributed by atoms with van der Waals surface area (Å²) in [6.07, 6.45) is 3.77. The largest absolute Gasteiger partial charge is 0.277 e. The van der Waals surface area contributed by atoms with Gasteiger partial charge in [-0.3, -0.25) is 9.71 Å². The van der Waals surface area contributed by atoms with Crippen LogP contribution in [0.25, 0.3) is 22.0 Å². The van der Waals surface area contributed by atoms with Crippen molar-refractivity contribution >= 4 is 26.6 Å². The number of pyridine rings is 1. The van der Waals surface area contributed by atoms with Gasteiger partial charge in [0.15, 0.2) is 0 Å². The van der Waals surface area contributed by atoms with Crippen LogP contribution in [0.5, 0.6) is 0 Å². The van der Waals surface area contributed by atoms with Crippen LogP contribution in [0.1, 0.15) is 43.7 Å². The van der Waals surface area contributed by atoms with Crippen LogP contribution < -0.4 is 4.72 Å². The molecule has 134 valence electrons. The SMILES string of the molecule is CCC(CC)c1ccc2c(c1)-c1cc(C)c3cccnc3c1NS2(=O)=O. The molecule has 5 heteroatoms. The van der Waals surface area contributed by atoms with Crippen LogP contribution in [0.2, 0.25) is 0 Å². The summed E-state index contributed by atoms with van der Waals surface area (Å²) in [4.78, 5) is 4.80. The molecule has 2 heterocycles. The van der Waals surface area contributed by atoms with Gasteiger partial charge in [-0.15, -0.1) is 0 Å². The van der Waals surface area contributed by atoms with Gasteiger partial charge < -0.3 is 0 Å². The highest BCUT2D eigenvalue weighted by Gasteiger charge is 2.30. The number of aromatic nitrogens is 1. The van der Waals surface area contributed by atoms with Gasteiger partial charge in [0.1, 0.15) is 0 Å². The molecule has 4 rings (SSSR count). The quantitative estimate of drug-likeness (QED) is 0.690. The number of nitrogens with zero attached hydrogens (tertiary/aromatic N) is 1. The summed E-state index contributed by atoms with van der Waals surface area (Å²) in [6, 6.07) is 11.7. The Kier molecular flexibility index (Phi) is 3.99. The van der Waals surface area contributed by atoms with Crippen molar-refractivity contribution in [2.75, 3.05) is 4.72 Å². The van der Waals surface area contributed by atoms with Gasteiger partial charge in [0.25, 0.3) is 10.0 Å². The molecule has 3 aromatic rings. The number of benzene rings is 2. The molecule has 0 fully saturated rings. The molecule has 0 aliphatic carbocycles. The van der Waals surface area contributed by atoms with E-state index in [2.05, 4.69) is 35.7 Å². The highest BCUT2D eigenvalue weighted by molar-refractivity contribution is 7.93. The van der Waals surface area contributed by atoms with E-state index in [-0.39, 0.29) is 0 Å². The lowest BCUT2D eigenvalue weighted by atomic mass is 9.90. The third-order valence-corrected chi connectivity index (χ3v) is 6.78. The zero-order valence-corrected chi connectivity index (χ0v) is 16.0. The molecule has 1 aliphatic rings. The number of rotatable bonds is 3. The van der Waals surface area contributed by atoms with Gasteiger partial charge in [0, 0.05) is 22.7 Å². The van der Waals surface area contributed by atoms with E-state index in [4.69, 9.17) is 0 Å². The fourth-order valence-electron chi connectivity index (χ4n) is 3.93. The summed E-state index contributed by atoms with van der Waals surface area (Å²) in [5.41, 5.74) is 5.25. The van der Waals surface area contributed by atoms with E-state index in [9.17, 15) is 8.42 Å². The van der Waals surface area contributed by atoms with Crippen molar-refractivity contribution < 1.29 is 8.42 Å². The second-order valence-corrected chi connectivity index (χ2v) is 8.54. The number of aryl methyl sites for hydroxylation is 1. The lowest BCUT2D eigenvalue weighted by molar-refractivity contribution is 0.600. The molecule has 0 bridgehead atoms. The number of hydrogen-bond donors (Lipinski definition) is 1. The number of anilines is 1. The molecule has 0 saturated heterocycles. The summed E-state index contributed by atoms with van der Waals surface area (Å²) in [5.74, 6) is 0.431. The fourth-order valence-corrected chi connectivity index (χ4v) is 5.22. The van der Waals surface area contributed by atoms with Crippen LogP contribution in [-0.2, 0) is 10.0 Å². The van der Waals surface area contributed by atoms with Gasteiger partial charge in [0.05, 0.1) is 16.1 Å². The van der Waals surface area contributed by atoms with Crippen molar-refractivity contribution in [1.29, 1.82) is 0 Å². The van der Waals surface area contributed by atoms with Crippen LogP contribution in [0.4, 0.5) is 5.69 Å². The standard InChI is InChI=1S/C21H22N2O2S/c1-4-14(5-2)15-8-9-19-17(12-15)18-11-13(3)16-7-6-10-22-20(16)21(18)23-26(19,24)25/h6-12,14,23H,4-5H2,1-3H3. The Morgan fingerprint density at radius 2 is 1.85 bits per heavy atom.